The summed E-state index contributed by atoms with van der Waals surface area (Å²) in [5.74, 6) is 0.689. The molecule has 0 spiro atoms. The van der Waals surface area contributed by atoms with Gasteiger partial charge in [0.25, 0.3) is 5.91 Å². The number of nitrogens with zero attached hydrogens (tertiary/aromatic N) is 3. The van der Waals surface area contributed by atoms with Crippen LogP contribution in [0.25, 0.3) is 10.2 Å². The van der Waals surface area contributed by atoms with Gasteiger partial charge in [-0.15, -0.1) is 0 Å². The third-order valence-electron chi connectivity index (χ3n) is 4.78. The van der Waals surface area contributed by atoms with E-state index in [1.165, 1.54) is 18.4 Å². The van der Waals surface area contributed by atoms with Crippen LogP contribution in [0.3, 0.4) is 0 Å². The molecule has 7 heteroatoms. The smallest absolute Gasteiger partial charge is 0.264 e. The van der Waals surface area contributed by atoms with Gasteiger partial charge in [0.1, 0.15) is 0 Å². The lowest BCUT2D eigenvalue weighted by atomic mass is 10.1. The van der Waals surface area contributed by atoms with Crippen molar-refractivity contribution >= 4 is 32.6 Å². The van der Waals surface area contributed by atoms with E-state index >= 15 is 0 Å². The highest BCUT2D eigenvalue weighted by molar-refractivity contribution is 7.22. The Balaban J connectivity index is 1.83. The van der Waals surface area contributed by atoms with Crippen molar-refractivity contribution in [3.05, 3.63) is 77.6 Å². The summed E-state index contributed by atoms with van der Waals surface area (Å²) in [4.78, 5) is 24.3. The van der Waals surface area contributed by atoms with Gasteiger partial charge in [-0.25, -0.2) is 4.98 Å². The molecule has 0 atom stereocenters. The summed E-state index contributed by atoms with van der Waals surface area (Å²) in [5, 5.41) is 0.623. The highest BCUT2D eigenvalue weighted by atomic mass is 32.1. The minimum atomic E-state index is -0.216. The quantitative estimate of drug-likeness (QED) is 0.446. The van der Waals surface area contributed by atoms with Gasteiger partial charge in [-0.2, -0.15) is 0 Å². The normalized spacial score (nSPS) is 10.8. The van der Waals surface area contributed by atoms with Crippen molar-refractivity contribution in [3.8, 4) is 11.5 Å². The lowest BCUT2D eigenvalue weighted by Gasteiger charge is -2.21. The van der Waals surface area contributed by atoms with Gasteiger partial charge < -0.3 is 9.47 Å². The Hall–Kier alpha value is -3.45. The number of ether oxygens (including phenoxy) is 2. The largest absolute Gasteiger partial charge is 0.493 e. The minimum absolute atomic E-state index is 0.216. The molecule has 2 aromatic carbocycles. The highest BCUT2D eigenvalue weighted by Gasteiger charge is 2.26. The van der Waals surface area contributed by atoms with Crippen molar-refractivity contribution < 1.29 is 14.3 Å². The number of para-hydroxylation sites is 2. The minimum Gasteiger partial charge on any atom is -0.493 e. The molecule has 4 aromatic rings. The molecule has 0 aliphatic rings. The molecule has 30 heavy (non-hydrogen) atoms. The lowest BCUT2D eigenvalue weighted by Crippen LogP contribution is -2.30. The Kier molecular flexibility index (Phi) is 5.63. The summed E-state index contributed by atoms with van der Waals surface area (Å²) >= 11 is 1.49. The number of fused-ring (bicyclic) bond motifs is 1. The number of pyridine rings is 1. The van der Waals surface area contributed by atoms with Crippen LogP contribution in [0.15, 0.2) is 60.9 Å². The first-order valence-corrected chi connectivity index (χ1v) is 10.2. The first-order chi connectivity index (χ1) is 14.6. The molecule has 0 aliphatic heterocycles. The zero-order chi connectivity index (χ0) is 21.1. The van der Waals surface area contributed by atoms with Crippen molar-refractivity contribution in [1.82, 2.24) is 9.97 Å². The average molecular weight is 420 g/mol. The number of methoxy groups -OCH3 is 2. The van der Waals surface area contributed by atoms with Crippen molar-refractivity contribution in [2.24, 2.45) is 0 Å². The van der Waals surface area contributed by atoms with Crippen LogP contribution in [0, 0.1) is 6.92 Å². The van der Waals surface area contributed by atoms with Crippen LogP contribution in [-0.4, -0.2) is 30.1 Å². The number of aromatic nitrogens is 2. The predicted molar refractivity (Wildman–Crippen MR) is 119 cm³/mol. The molecular weight excluding hydrogens is 398 g/mol. The van der Waals surface area contributed by atoms with E-state index in [1.54, 1.807) is 42.6 Å². The molecule has 4 rings (SSSR count). The molecule has 2 aromatic heterocycles. The fourth-order valence-corrected chi connectivity index (χ4v) is 4.33. The fraction of sp³-hybridized carbons (Fsp3) is 0.174. The van der Waals surface area contributed by atoms with Crippen molar-refractivity contribution in [2.75, 3.05) is 19.1 Å². The first-order valence-electron chi connectivity index (χ1n) is 9.40. The first kappa shape index (κ1) is 19.8. The number of amides is 1. The standard InChI is InChI=1S/C23H21N3O3S/c1-15-7-4-11-19-20(15)25-23(30-19)26(14-16-8-6-12-24-13-16)22(27)17-9-5-10-18(28-2)21(17)29-3/h4-13H,14H2,1-3H3. The number of rotatable bonds is 6. The molecule has 0 saturated heterocycles. The maximum Gasteiger partial charge on any atom is 0.264 e. The molecule has 0 N–H and O–H groups in total. The molecule has 2 heterocycles. The van der Waals surface area contributed by atoms with Crippen LogP contribution >= 0.6 is 11.3 Å². The summed E-state index contributed by atoms with van der Waals surface area (Å²) in [6.07, 6.45) is 3.46. The number of carbonyl (C=O) groups is 1. The van der Waals surface area contributed by atoms with E-state index in [9.17, 15) is 4.79 Å². The van der Waals surface area contributed by atoms with Gasteiger partial charge in [0, 0.05) is 12.4 Å². The molecule has 0 bridgehead atoms. The molecule has 0 radical (unpaired) electrons. The van der Waals surface area contributed by atoms with Gasteiger partial charge in [-0.3, -0.25) is 14.7 Å². The van der Waals surface area contributed by atoms with E-state index < -0.39 is 0 Å². The highest BCUT2D eigenvalue weighted by Crippen LogP contribution is 2.36. The van der Waals surface area contributed by atoms with Crippen molar-refractivity contribution in [2.45, 2.75) is 13.5 Å². The van der Waals surface area contributed by atoms with Gasteiger partial charge in [0.15, 0.2) is 16.6 Å². The van der Waals surface area contributed by atoms with Gasteiger partial charge in [-0.1, -0.05) is 35.6 Å². The van der Waals surface area contributed by atoms with Crippen LogP contribution in [-0.2, 0) is 6.54 Å². The average Bonchev–Trinajstić information content (AvgIpc) is 3.22. The Labute approximate surface area is 178 Å². The number of hydrogen-bond donors (Lipinski definition) is 0. The molecule has 0 aliphatic carbocycles. The summed E-state index contributed by atoms with van der Waals surface area (Å²) in [6, 6.07) is 15.1. The van der Waals surface area contributed by atoms with E-state index in [0.717, 1.165) is 21.3 Å². The number of hydrogen-bond acceptors (Lipinski definition) is 6. The summed E-state index contributed by atoms with van der Waals surface area (Å²) < 4.78 is 11.9. The summed E-state index contributed by atoms with van der Waals surface area (Å²) in [6.45, 7) is 2.36. The van der Waals surface area contributed by atoms with Crippen molar-refractivity contribution in [1.29, 1.82) is 0 Å². The Bertz CT molecular complexity index is 1190. The predicted octanol–water partition coefficient (Wildman–Crippen LogP) is 4.86. The number of aryl methyl sites for hydroxylation is 1. The number of thiazole rings is 1. The molecule has 0 fully saturated rings. The SMILES string of the molecule is COc1cccc(C(=O)N(Cc2cccnc2)c2nc3c(C)cccc3s2)c1OC. The second-order valence-electron chi connectivity index (χ2n) is 6.71. The zero-order valence-electron chi connectivity index (χ0n) is 17.0. The molecule has 6 nitrogen and oxygen atoms in total. The van der Waals surface area contributed by atoms with Crippen LogP contribution in [0.2, 0.25) is 0 Å². The van der Waals surface area contributed by atoms with E-state index in [1.807, 2.05) is 37.3 Å². The third-order valence-corrected chi connectivity index (χ3v) is 5.83. The van der Waals surface area contributed by atoms with Gasteiger partial charge in [0.2, 0.25) is 0 Å². The summed E-state index contributed by atoms with van der Waals surface area (Å²) in [5.41, 5.74) is 3.29. The van der Waals surface area contributed by atoms with Crippen molar-refractivity contribution in [3.63, 3.8) is 0 Å². The second-order valence-corrected chi connectivity index (χ2v) is 7.72. The van der Waals surface area contributed by atoms with Crippen LogP contribution in [0.4, 0.5) is 5.13 Å². The van der Waals surface area contributed by atoms with E-state index in [4.69, 9.17) is 14.5 Å². The topological polar surface area (TPSA) is 64.5 Å². The van der Waals surface area contributed by atoms with Crippen LogP contribution < -0.4 is 14.4 Å². The Morgan fingerprint density at radius 1 is 1.07 bits per heavy atom. The summed E-state index contributed by atoms with van der Waals surface area (Å²) in [7, 11) is 3.08. The Morgan fingerprint density at radius 3 is 2.60 bits per heavy atom. The number of carbonyl (C=O) groups excluding carboxylic acids is 1. The van der Waals surface area contributed by atoms with Gasteiger partial charge in [-0.05, 0) is 42.3 Å². The molecular formula is C23H21N3O3S. The molecule has 1 amide bonds. The molecule has 152 valence electrons. The number of anilines is 1. The van der Waals surface area contributed by atoms with Crippen LogP contribution in [0.5, 0.6) is 11.5 Å². The van der Waals surface area contributed by atoms with Gasteiger partial charge >= 0.3 is 0 Å². The number of benzene rings is 2. The molecule has 0 saturated carbocycles. The third kappa shape index (κ3) is 3.71. The van der Waals surface area contributed by atoms with E-state index in [-0.39, 0.29) is 5.91 Å². The monoisotopic (exact) mass is 419 g/mol. The van der Waals surface area contributed by atoms with Gasteiger partial charge in [0.05, 0.1) is 36.5 Å². The van der Waals surface area contributed by atoms with Crippen LogP contribution in [0.1, 0.15) is 21.5 Å². The molecule has 0 unspecified atom stereocenters. The fourth-order valence-electron chi connectivity index (χ4n) is 3.29. The van der Waals surface area contributed by atoms with E-state index in [2.05, 4.69) is 4.98 Å². The lowest BCUT2D eigenvalue weighted by molar-refractivity contribution is 0.0981. The maximum absolute atomic E-state index is 13.7. The zero-order valence-corrected chi connectivity index (χ0v) is 17.8. The Morgan fingerprint density at radius 2 is 1.90 bits per heavy atom. The second kappa shape index (κ2) is 8.51. The van der Waals surface area contributed by atoms with E-state index in [0.29, 0.717) is 28.7 Å². The maximum atomic E-state index is 13.7.